The lowest BCUT2D eigenvalue weighted by molar-refractivity contribution is 0.464. The van der Waals surface area contributed by atoms with Crippen LogP contribution in [0.1, 0.15) is 46.1 Å². The van der Waals surface area contributed by atoms with Crippen LogP contribution in [0.25, 0.3) is 10.2 Å². The molecule has 1 aromatic carbocycles. The Morgan fingerprint density at radius 3 is 2.97 bits per heavy atom. The van der Waals surface area contributed by atoms with E-state index in [4.69, 9.17) is 0 Å². The van der Waals surface area contributed by atoms with Gasteiger partial charge in [-0.1, -0.05) is 18.2 Å². The first-order valence-electron chi connectivity index (χ1n) is 10.9. The monoisotopic (exact) mass is 468 g/mol. The van der Waals surface area contributed by atoms with Gasteiger partial charge in [-0.3, -0.25) is 9.36 Å². The Morgan fingerprint density at radius 2 is 2.19 bits per heavy atom. The lowest BCUT2D eigenvalue weighted by atomic mass is 9.93. The summed E-state index contributed by atoms with van der Waals surface area (Å²) in [6.45, 7) is 4.71. The molecule has 0 saturated heterocycles. The molecule has 0 bridgehead atoms. The fourth-order valence-corrected chi connectivity index (χ4v) is 6.41. The quantitative estimate of drug-likeness (QED) is 0.447. The van der Waals surface area contributed by atoms with Gasteiger partial charge in [0.15, 0.2) is 0 Å². The molecule has 0 spiro atoms. The average molecular weight is 469 g/mol. The summed E-state index contributed by atoms with van der Waals surface area (Å²) >= 11 is 3.23. The van der Waals surface area contributed by atoms with E-state index >= 15 is 0 Å². The SMILES string of the molecule is Cc1nc(C(C)n2cnc3sc4c(c3c2=O)CCC(NCCc2ccccc2F)C4)cs1. The van der Waals surface area contributed by atoms with Crippen molar-refractivity contribution in [1.29, 1.82) is 0 Å². The van der Waals surface area contributed by atoms with Crippen molar-refractivity contribution in [1.82, 2.24) is 19.9 Å². The maximum Gasteiger partial charge on any atom is 0.262 e. The van der Waals surface area contributed by atoms with Crippen molar-refractivity contribution in [3.8, 4) is 0 Å². The fraction of sp³-hybridized carbons (Fsp3) is 0.375. The van der Waals surface area contributed by atoms with Gasteiger partial charge >= 0.3 is 0 Å². The second-order valence-electron chi connectivity index (χ2n) is 8.34. The maximum absolute atomic E-state index is 13.8. The lowest BCUT2D eigenvalue weighted by Crippen LogP contribution is -2.35. The summed E-state index contributed by atoms with van der Waals surface area (Å²) in [5.74, 6) is -0.144. The van der Waals surface area contributed by atoms with E-state index in [1.165, 1.54) is 10.9 Å². The van der Waals surface area contributed by atoms with E-state index < -0.39 is 0 Å². The third-order valence-electron chi connectivity index (χ3n) is 6.26. The van der Waals surface area contributed by atoms with Gasteiger partial charge in [-0.2, -0.15) is 0 Å². The van der Waals surface area contributed by atoms with Crippen LogP contribution in [0.3, 0.4) is 0 Å². The summed E-state index contributed by atoms with van der Waals surface area (Å²) in [6.07, 6.45) is 5.04. The van der Waals surface area contributed by atoms with E-state index in [9.17, 15) is 9.18 Å². The summed E-state index contributed by atoms with van der Waals surface area (Å²) in [5.41, 5.74) is 2.83. The van der Waals surface area contributed by atoms with Crippen molar-refractivity contribution in [2.24, 2.45) is 0 Å². The van der Waals surface area contributed by atoms with Crippen molar-refractivity contribution >= 4 is 32.9 Å². The molecule has 5 nitrogen and oxygen atoms in total. The topological polar surface area (TPSA) is 59.8 Å². The largest absolute Gasteiger partial charge is 0.313 e. The zero-order valence-corrected chi connectivity index (χ0v) is 19.7. The minimum Gasteiger partial charge on any atom is -0.313 e. The van der Waals surface area contributed by atoms with Gasteiger partial charge in [0.1, 0.15) is 10.6 Å². The first kappa shape index (κ1) is 21.4. The summed E-state index contributed by atoms with van der Waals surface area (Å²) < 4.78 is 15.6. The first-order chi connectivity index (χ1) is 15.5. The third-order valence-corrected chi connectivity index (χ3v) is 8.22. The van der Waals surface area contributed by atoms with E-state index in [2.05, 4.69) is 15.3 Å². The standard InChI is InChI=1S/C24H25FN4OS2/c1-14(20-12-31-15(2)28-20)29-13-27-23-22(24(29)30)18-8-7-17(11-21(18)32-23)26-10-9-16-5-3-4-6-19(16)25/h3-6,12-14,17,26H,7-11H2,1-2H3. The number of benzene rings is 1. The number of nitrogens with zero attached hydrogens (tertiary/aromatic N) is 3. The molecule has 1 aliphatic carbocycles. The predicted octanol–water partition coefficient (Wildman–Crippen LogP) is 4.66. The summed E-state index contributed by atoms with van der Waals surface area (Å²) in [6, 6.07) is 7.13. The summed E-state index contributed by atoms with van der Waals surface area (Å²) in [7, 11) is 0. The van der Waals surface area contributed by atoms with Crippen LogP contribution >= 0.6 is 22.7 Å². The van der Waals surface area contributed by atoms with E-state index in [0.29, 0.717) is 12.5 Å². The molecule has 0 amide bonds. The number of hydrogen-bond donors (Lipinski definition) is 1. The van der Waals surface area contributed by atoms with Crippen LogP contribution in [0.2, 0.25) is 0 Å². The van der Waals surface area contributed by atoms with Crippen LogP contribution < -0.4 is 10.9 Å². The summed E-state index contributed by atoms with van der Waals surface area (Å²) in [4.78, 5) is 24.6. The molecule has 0 fully saturated rings. The zero-order valence-electron chi connectivity index (χ0n) is 18.1. The highest BCUT2D eigenvalue weighted by Gasteiger charge is 2.26. The van der Waals surface area contributed by atoms with E-state index in [0.717, 1.165) is 57.9 Å². The highest BCUT2D eigenvalue weighted by Crippen LogP contribution is 2.34. The van der Waals surface area contributed by atoms with Crippen LogP contribution in [-0.4, -0.2) is 27.1 Å². The zero-order chi connectivity index (χ0) is 22.2. The van der Waals surface area contributed by atoms with E-state index in [1.807, 2.05) is 31.4 Å². The van der Waals surface area contributed by atoms with Gasteiger partial charge in [0.05, 0.1) is 28.5 Å². The average Bonchev–Trinajstić information content (AvgIpc) is 3.38. The van der Waals surface area contributed by atoms with Crippen LogP contribution in [0.4, 0.5) is 4.39 Å². The van der Waals surface area contributed by atoms with Crippen molar-refractivity contribution in [2.75, 3.05) is 6.54 Å². The number of hydrogen-bond acceptors (Lipinski definition) is 6. The number of nitrogens with one attached hydrogen (secondary N) is 1. The molecule has 1 N–H and O–H groups in total. The number of rotatable bonds is 6. The number of aromatic nitrogens is 3. The van der Waals surface area contributed by atoms with Crippen LogP contribution in [0.15, 0.2) is 40.8 Å². The second-order valence-corrected chi connectivity index (χ2v) is 10.5. The number of thiophene rings is 1. The Balaban J connectivity index is 1.33. The van der Waals surface area contributed by atoms with Crippen LogP contribution in [-0.2, 0) is 19.3 Å². The Morgan fingerprint density at radius 1 is 1.34 bits per heavy atom. The van der Waals surface area contributed by atoms with Crippen molar-refractivity contribution in [2.45, 2.75) is 51.6 Å². The molecule has 3 heterocycles. The van der Waals surface area contributed by atoms with Gasteiger partial charge < -0.3 is 5.32 Å². The molecule has 0 aliphatic heterocycles. The minimum absolute atomic E-state index is 0.0246. The Kier molecular flexibility index (Phi) is 5.92. The summed E-state index contributed by atoms with van der Waals surface area (Å²) in [5, 5.41) is 7.36. The number of fused-ring (bicyclic) bond motifs is 3. The highest BCUT2D eigenvalue weighted by atomic mass is 32.1. The number of halogens is 1. The van der Waals surface area contributed by atoms with E-state index in [-0.39, 0.29) is 17.4 Å². The molecule has 0 saturated carbocycles. The van der Waals surface area contributed by atoms with Crippen LogP contribution in [0, 0.1) is 12.7 Å². The normalized spacial score (nSPS) is 16.9. The van der Waals surface area contributed by atoms with Gasteiger partial charge in [0, 0.05) is 16.3 Å². The van der Waals surface area contributed by atoms with Gasteiger partial charge in [-0.15, -0.1) is 22.7 Å². The molecular weight excluding hydrogens is 443 g/mol. The van der Waals surface area contributed by atoms with Crippen molar-refractivity contribution in [3.63, 3.8) is 0 Å². The molecule has 3 aromatic heterocycles. The Labute approximate surface area is 194 Å². The molecule has 166 valence electrons. The van der Waals surface area contributed by atoms with E-state index in [1.54, 1.807) is 39.6 Å². The Bertz CT molecular complexity index is 1330. The molecule has 2 unspecified atom stereocenters. The highest BCUT2D eigenvalue weighted by molar-refractivity contribution is 7.18. The Hall–Kier alpha value is -2.42. The molecule has 1 aliphatic rings. The van der Waals surface area contributed by atoms with Crippen LogP contribution in [0.5, 0.6) is 0 Å². The fourth-order valence-electron chi connectivity index (χ4n) is 4.46. The third kappa shape index (κ3) is 4.02. The molecular formula is C24H25FN4OS2. The maximum atomic E-state index is 13.8. The van der Waals surface area contributed by atoms with Gasteiger partial charge in [-0.25, -0.2) is 14.4 Å². The van der Waals surface area contributed by atoms with Gasteiger partial charge in [-0.05, 0) is 63.3 Å². The second kappa shape index (κ2) is 8.84. The predicted molar refractivity (Wildman–Crippen MR) is 128 cm³/mol. The minimum atomic E-state index is -0.144. The number of aryl methyl sites for hydroxylation is 2. The first-order valence-corrected chi connectivity index (χ1v) is 12.6. The molecule has 5 rings (SSSR count). The lowest BCUT2D eigenvalue weighted by Gasteiger charge is -2.23. The van der Waals surface area contributed by atoms with Gasteiger partial charge in [0.25, 0.3) is 5.56 Å². The smallest absolute Gasteiger partial charge is 0.262 e. The van der Waals surface area contributed by atoms with Crippen molar-refractivity contribution < 1.29 is 4.39 Å². The molecule has 2 atom stereocenters. The molecule has 8 heteroatoms. The molecule has 0 radical (unpaired) electrons. The molecule has 32 heavy (non-hydrogen) atoms. The van der Waals surface area contributed by atoms with Crippen molar-refractivity contribution in [3.05, 3.63) is 78.8 Å². The van der Waals surface area contributed by atoms with Gasteiger partial charge in [0.2, 0.25) is 0 Å². The number of thiazole rings is 1. The molecule has 4 aromatic rings.